The molecular weight excluding hydrogens is 1100 g/mol. The molecule has 0 N–H and O–H groups in total. The zero-order chi connectivity index (χ0) is 59.0. The van der Waals surface area contributed by atoms with Crippen LogP contribution in [0.2, 0.25) is 0 Å². The Morgan fingerprint density at radius 3 is 0.778 bits per heavy atom. The minimum atomic E-state index is -4.80. The molecule has 0 saturated heterocycles. The summed E-state index contributed by atoms with van der Waals surface area (Å²) >= 11 is 0. The van der Waals surface area contributed by atoms with E-state index >= 15 is 0 Å². The number of esters is 4. The van der Waals surface area contributed by atoms with Gasteiger partial charge in [-0.2, -0.15) is 0 Å². The van der Waals surface area contributed by atoms with Crippen LogP contribution in [-0.2, 0) is 39.2 Å². The average Bonchev–Trinajstić information content (AvgIpc) is 3.46. The van der Waals surface area contributed by atoms with Crippen molar-refractivity contribution in [2.75, 3.05) is 26.4 Å². The van der Waals surface area contributed by atoms with Crippen molar-refractivity contribution in [2.45, 2.75) is 243 Å². The van der Waals surface area contributed by atoms with Crippen LogP contribution < -0.4 is 0 Å². The van der Waals surface area contributed by atoms with E-state index in [1.54, 1.807) is 0 Å². The second-order valence-electron chi connectivity index (χ2n) is 20.1. The minimum Gasteiger partial charge on any atom is -0.744 e. The van der Waals surface area contributed by atoms with Crippen LogP contribution in [0.25, 0.3) is 0 Å². The molecule has 0 aliphatic heterocycles. The number of carbonyl (C=O) groups is 4. The molecule has 81 heavy (non-hydrogen) atoms. The fourth-order valence-electron chi connectivity index (χ4n) is 8.21. The molecule has 0 atom stereocenters. The van der Waals surface area contributed by atoms with Crippen molar-refractivity contribution in [3.8, 4) is 0 Å². The number of benzene rings is 2. The van der Waals surface area contributed by atoms with Crippen LogP contribution in [0.3, 0.4) is 0 Å². The molecule has 0 aromatic heterocycles. The van der Waals surface area contributed by atoms with Crippen LogP contribution in [0.5, 0.6) is 0 Å². The van der Waals surface area contributed by atoms with E-state index in [1.165, 1.54) is 0 Å². The first-order chi connectivity index (χ1) is 38.6. The van der Waals surface area contributed by atoms with Crippen molar-refractivity contribution in [1.82, 2.24) is 0 Å². The third-order valence-electron chi connectivity index (χ3n) is 12.9. The largest absolute Gasteiger partial charge is 2.00 e. The number of allylic oxidation sites excluding steroid dienone is 8. The van der Waals surface area contributed by atoms with Gasteiger partial charge in [-0.25, -0.2) is 36.0 Å². The molecule has 0 radical (unpaired) electrons. The van der Waals surface area contributed by atoms with Gasteiger partial charge in [0.15, 0.2) is 0 Å². The molecule has 0 saturated carbocycles. The van der Waals surface area contributed by atoms with Gasteiger partial charge in [0, 0.05) is 0 Å². The second-order valence-corrected chi connectivity index (χ2v) is 22.9. The van der Waals surface area contributed by atoms with E-state index in [2.05, 4.69) is 76.3 Å². The first kappa shape index (κ1) is 77.4. The topological polar surface area (TPSA) is 220 Å². The van der Waals surface area contributed by atoms with E-state index < -0.39 is 53.9 Å². The Morgan fingerprint density at radius 2 is 0.543 bits per heavy atom. The fourth-order valence-corrected chi connectivity index (χ4v) is 9.20. The molecule has 2 rings (SSSR count). The maximum atomic E-state index is 12.7. The molecule has 0 heterocycles. The van der Waals surface area contributed by atoms with Crippen molar-refractivity contribution in [1.29, 1.82) is 0 Å². The number of hydrogen-bond acceptors (Lipinski definition) is 14. The smallest absolute Gasteiger partial charge is 0.744 e. The van der Waals surface area contributed by atoms with E-state index in [-0.39, 0.29) is 86.4 Å². The SMILES string of the molecule is CCC/C=C/CCCCCCCOC(=O)c1ccc(S(=O)(=O)[O-])cc1C(=O)OCCCCCCC/C=C/CCC.CCC/C=C/CCCCCCCOC(=O)c1ccc(S(=O)(=O)[O-])cc1C(=O)OCCCCCCC/C=C/CCC.[Ca+2]. The molecule has 2 aromatic rings. The Morgan fingerprint density at radius 1 is 0.333 bits per heavy atom. The van der Waals surface area contributed by atoms with E-state index in [0.29, 0.717) is 25.7 Å². The Kier molecular flexibility index (Phi) is 48.6. The average molecular weight is 1200 g/mol. The number of ether oxygens (including phenoxy) is 4. The summed E-state index contributed by atoms with van der Waals surface area (Å²) in [6, 6.07) is 6.13. The van der Waals surface area contributed by atoms with Gasteiger partial charge in [-0.15, -0.1) is 0 Å². The predicted molar refractivity (Wildman–Crippen MR) is 323 cm³/mol. The molecule has 0 amide bonds. The summed E-state index contributed by atoms with van der Waals surface area (Å²) in [4.78, 5) is 49.6. The zero-order valence-electron chi connectivity index (χ0n) is 49.8. The van der Waals surface area contributed by atoms with Crippen LogP contribution in [0.4, 0.5) is 0 Å². The van der Waals surface area contributed by atoms with Crippen LogP contribution in [-0.4, -0.2) is 114 Å². The van der Waals surface area contributed by atoms with Gasteiger partial charge in [0.05, 0.1) is 58.5 Å². The minimum absolute atomic E-state index is 0. The second kappa shape index (κ2) is 50.8. The fraction of sp³-hybridized carbons (Fsp3) is 0.625. The zero-order valence-corrected chi connectivity index (χ0v) is 53.6. The Labute approximate surface area is 518 Å². The van der Waals surface area contributed by atoms with Gasteiger partial charge >= 0.3 is 61.6 Å². The van der Waals surface area contributed by atoms with E-state index in [1.807, 2.05) is 0 Å². The summed E-state index contributed by atoms with van der Waals surface area (Å²) in [6.45, 7) is 9.32. The normalized spacial score (nSPS) is 11.7. The van der Waals surface area contributed by atoms with Gasteiger partial charge < -0.3 is 28.1 Å². The van der Waals surface area contributed by atoms with Crippen LogP contribution >= 0.6 is 0 Å². The summed E-state index contributed by atoms with van der Waals surface area (Å²) in [5.74, 6) is -3.16. The van der Waals surface area contributed by atoms with E-state index in [9.17, 15) is 45.1 Å². The summed E-state index contributed by atoms with van der Waals surface area (Å²) in [5.41, 5.74) is -0.742. The maximum absolute atomic E-state index is 12.7. The van der Waals surface area contributed by atoms with E-state index in [4.69, 9.17) is 18.9 Å². The van der Waals surface area contributed by atoms with Gasteiger partial charge in [-0.1, -0.05) is 179 Å². The van der Waals surface area contributed by atoms with Crippen molar-refractivity contribution >= 4 is 81.9 Å². The van der Waals surface area contributed by atoms with Crippen molar-refractivity contribution < 1.29 is 64.1 Å². The van der Waals surface area contributed by atoms with E-state index in [0.717, 1.165) is 216 Å². The third-order valence-corrected chi connectivity index (χ3v) is 14.6. The molecule has 17 heteroatoms. The van der Waals surface area contributed by atoms with Gasteiger partial charge in [-0.05, 0) is 139 Å². The molecule has 0 fully saturated rings. The molecule has 0 spiro atoms. The van der Waals surface area contributed by atoms with Gasteiger partial charge in [0.2, 0.25) is 0 Å². The molecule has 0 unspecified atom stereocenters. The standard InChI is InChI=1S/2C32H50O7S.Ca/c2*1-3-5-7-9-11-13-15-17-19-21-25-38-31(33)29-24-23-28(40(35,36)37)27-30(29)32(34)39-26-22-20-18-16-14-12-10-8-6-4-2;/h2*7-10,23-24,27H,3-6,11-22,25-26H2,1-2H3,(H,35,36,37);/q;;+2/p-2/b2*9-7+,10-8+;. The van der Waals surface area contributed by atoms with Crippen LogP contribution in [0.1, 0.15) is 275 Å². The van der Waals surface area contributed by atoms with Gasteiger partial charge in [-0.3, -0.25) is 0 Å². The Hall–Kier alpha value is -3.64. The quantitative estimate of drug-likeness (QED) is 0.0150. The molecule has 452 valence electrons. The summed E-state index contributed by atoms with van der Waals surface area (Å²) < 4.78 is 90.3. The molecule has 14 nitrogen and oxygen atoms in total. The number of carbonyl (C=O) groups excluding carboxylic acids is 4. The van der Waals surface area contributed by atoms with Crippen LogP contribution in [0.15, 0.2) is 94.8 Å². The summed E-state index contributed by atoms with van der Waals surface area (Å²) in [6.07, 6.45) is 50.6. The predicted octanol–water partition coefficient (Wildman–Crippen LogP) is 16.2. The molecule has 2 aromatic carbocycles. The first-order valence-corrected chi connectivity index (χ1v) is 32.9. The first-order valence-electron chi connectivity index (χ1n) is 30.1. The van der Waals surface area contributed by atoms with Crippen molar-refractivity contribution in [3.63, 3.8) is 0 Å². The monoisotopic (exact) mass is 1190 g/mol. The molecule has 0 aliphatic rings. The molecular formula is C64H98CaO14S2. The Bertz CT molecular complexity index is 2200. The van der Waals surface area contributed by atoms with Crippen molar-refractivity contribution in [2.24, 2.45) is 0 Å². The summed E-state index contributed by atoms with van der Waals surface area (Å²) in [7, 11) is -9.61. The van der Waals surface area contributed by atoms with Gasteiger partial charge in [0.25, 0.3) is 0 Å². The number of unbranched alkanes of at least 4 members (excludes halogenated alkanes) is 24. The number of rotatable bonds is 46. The third kappa shape index (κ3) is 40.3. The Balaban J connectivity index is 0.00000156. The summed E-state index contributed by atoms with van der Waals surface area (Å²) in [5, 5.41) is 0. The van der Waals surface area contributed by atoms with Crippen LogP contribution in [0, 0.1) is 0 Å². The maximum Gasteiger partial charge on any atom is 2.00 e. The van der Waals surface area contributed by atoms with Gasteiger partial charge in [0.1, 0.15) is 20.2 Å². The number of hydrogen-bond donors (Lipinski definition) is 0. The molecule has 0 aliphatic carbocycles. The molecule has 0 bridgehead atoms. The van der Waals surface area contributed by atoms with Crippen molar-refractivity contribution in [3.05, 3.63) is 107 Å².